The van der Waals surface area contributed by atoms with Crippen LogP contribution < -0.4 is 11.1 Å². The molecule has 240 valence electrons. The van der Waals surface area contributed by atoms with Crippen LogP contribution in [-0.4, -0.2) is 60.2 Å². The highest BCUT2D eigenvalue weighted by atomic mass is 35.5. The molecule has 14 heteroatoms. The van der Waals surface area contributed by atoms with Gasteiger partial charge >= 0.3 is 0 Å². The number of hydrogen-bond donors (Lipinski definition) is 2. The third-order valence-electron chi connectivity index (χ3n) is 7.76. The van der Waals surface area contributed by atoms with Gasteiger partial charge in [-0.2, -0.15) is 9.97 Å². The Labute approximate surface area is 271 Å². The van der Waals surface area contributed by atoms with Gasteiger partial charge in [-0.3, -0.25) is 14.8 Å². The molecule has 3 N–H and O–H groups in total. The van der Waals surface area contributed by atoms with Crippen LogP contribution in [0.15, 0.2) is 82.1 Å². The Kier molecular flexibility index (Phi) is 11.1. The van der Waals surface area contributed by atoms with Crippen molar-refractivity contribution in [2.24, 2.45) is 5.73 Å². The zero-order valence-electron chi connectivity index (χ0n) is 25.0. The van der Waals surface area contributed by atoms with Gasteiger partial charge in [-0.05, 0) is 74.5 Å². The number of carbonyl (C=O) groups is 1. The Bertz CT molecular complexity index is 1680. The fourth-order valence-corrected chi connectivity index (χ4v) is 5.52. The molecule has 5 aromatic rings. The molecule has 4 aromatic heterocycles. The molecule has 0 bridgehead atoms. The van der Waals surface area contributed by atoms with E-state index in [2.05, 4.69) is 35.6 Å². The van der Waals surface area contributed by atoms with E-state index in [0.29, 0.717) is 47.7 Å². The van der Waals surface area contributed by atoms with E-state index in [-0.39, 0.29) is 42.6 Å². The van der Waals surface area contributed by atoms with Crippen LogP contribution in [0.5, 0.6) is 0 Å². The van der Waals surface area contributed by atoms with Crippen molar-refractivity contribution in [1.29, 1.82) is 0 Å². The molecule has 0 radical (unpaired) electrons. The summed E-state index contributed by atoms with van der Waals surface area (Å²) in [5.74, 6) is 1.63. The van der Waals surface area contributed by atoms with Crippen LogP contribution in [0.2, 0.25) is 0 Å². The first-order chi connectivity index (χ1) is 22.0. The van der Waals surface area contributed by atoms with Gasteiger partial charge in [0, 0.05) is 31.4 Å². The van der Waals surface area contributed by atoms with Crippen LogP contribution in [0, 0.1) is 5.82 Å². The predicted molar refractivity (Wildman–Crippen MR) is 169 cm³/mol. The first-order valence-electron chi connectivity index (χ1n) is 15.1. The second-order valence-corrected chi connectivity index (χ2v) is 11.0. The van der Waals surface area contributed by atoms with Gasteiger partial charge in [0.05, 0.1) is 6.04 Å². The zero-order chi connectivity index (χ0) is 31.0. The van der Waals surface area contributed by atoms with Crippen molar-refractivity contribution in [2.45, 2.75) is 56.7 Å². The molecule has 1 amide bonds. The average Bonchev–Trinajstić information content (AvgIpc) is 3.90. The minimum Gasteiger partial charge on any atom is -0.337 e. The average molecular weight is 648 g/mol. The fourth-order valence-electron chi connectivity index (χ4n) is 5.52. The summed E-state index contributed by atoms with van der Waals surface area (Å²) in [5.41, 5.74) is 8.01. The summed E-state index contributed by atoms with van der Waals surface area (Å²) >= 11 is 0. The summed E-state index contributed by atoms with van der Waals surface area (Å²) in [6.45, 7) is 1.63. The Balaban J connectivity index is 0.000000207. The maximum absolute atomic E-state index is 13.8. The number of likely N-dealkylation sites (tertiary alicyclic amines) is 1. The number of rotatable bonds is 8. The molecule has 12 nitrogen and oxygen atoms in total. The molecule has 2 aliphatic heterocycles. The summed E-state index contributed by atoms with van der Waals surface area (Å²) in [4.78, 5) is 31.8. The first-order valence-corrected chi connectivity index (χ1v) is 15.1. The molecule has 0 unspecified atom stereocenters. The lowest BCUT2D eigenvalue weighted by atomic mass is 10.0. The molecular weight excluding hydrogens is 613 g/mol. The highest BCUT2D eigenvalue weighted by Gasteiger charge is 2.34. The Morgan fingerprint density at radius 1 is 0.913 bits per heavy atom. The Hall–Kier alpha value is -4.59. The molecule has 0 aliphatic carbocycles. The molecule has 3 atom stereocenters. The number of nitrogens with zero attached hydrogens (tertiary/aromatic N) is 7. The van der Waals surface area contributed by atoms with Crippen molar-refractivity contribution >= 4 is 18.3 Å². The van der Waals surface area contributed by atoms with E-state index in [9.17, 15) is 9.18 Å². The van der Waals surface area contributed by atoms with Crippen molar-refractivity contribution in [1.82, 2.24) is 40.5 Å². The van der Waals surface area contributed by atoms with Gasteiger partial charge in [0.1, 0.15) is 23.2 Å². The smallest absolute Gasteiger partial charge is 0.249 e. The fraction of sp³-hybridized carbons (Fsp3) is 0.344. The molecule has 0 saturated carbocycles. The summed E-state index contributed by atoms with van der Waals surface area (Å²) in [5, 5.41) is 11.3. The SMILES string of the molecule is Cl.N[C@@H](CC(=O)N1CCC[C@H]1c1nc(-c2ccccn2)no1)Cc1ccccc1F.c1ccc(-c2noc([C@@H]3CCCN3)n2)nc1. The summed E-state index contributed by atoms with van der Waals surface area (Å²) in [6.07, 6.45) is 7.63. The van der Waals surface area contributed by atoms with Crippen LogP contribution in [0.25, 0.3) is 23.0 Å². The largest absolute Gasteiger partial charge is 0.337 e. The maximum Gasteiger partial charge on any atom is 0.249 e. The van der Waals surface area contributed by atoms with Crippen LogP contribution >= 0.6 is 12.4 Å². The number of amides is 1. The van der Waals surface area contributed by atoms with E-state index >= 15 is 0 Å². The van der Waals surface area contributed by atoms with Crippen LogP contribution in [0.4, 0.5) is 4.39 Å². The van der Waals surface area contributed by atoms with E-state index in [1.165, 1.54) is 6.07 Å². The normalized spacial score (nSPS) is 18.0. The molecule has 7 rings (SSSR count). The number of nitrogens with two attached hydrogens (primary N) is 1. The second-order valence-electron chi connectivity index (χ2n) is 11.0. The monoisotopic (exact) mass is 647 g/mol. The van der Waals surface area contributed by atoms with Crippen molar-refractivity contribution in [3.05, 3.63) is 96.2 Å². The lowest BCUT2D eigenvalue weighted by molar-refractivity contribution is -0.132. The minimum absolute atomic E-state index is 0. The van der Waals surface area contributed by atoms with Gasteiger partial charge in [-0.1, -0.05) is 40.6 Å². The molecule has 1 aromatic carbocycles. The van der Waals surface area contributed by atoms with E-state index in [4.69, 9.17) is 14.8 Å². The van der Waals surface area contributed by atoms with Gasteiger partial charge in [0.2, 0.25) is 29.3 Å². The lowest BCUT2D eigenvalue weighted by Gasteiger charge is -2.23. The van der Waals surface area contributed by atoms with E-state index in [0.717, 1.165) is 37.9 Å². The summed E-state index contributed by atoms with van der Waals surface area (Å²) < 4.78 is 24.5. The molecular formula is C32H35ClFN9O3. The van der Waals surface area contributed by atoms with Gasteiger partial charge in [0.25, 0.3) is 0 Å². The lowest BCUT2D eigenvalue weighted by Crippen LogP contribution is -2.36. The number of benzene rings is 1. The van der Waals surface area contributed by atoms with Gasteiger partial charge in [0.15, 0.2) is 0 Å². The third-order valence-corrected chi connectivity index (χ3v) is 7.76. The van der Waals surface area contributed by atoms with Crippen LogP contribution in [-0.2, 0) is 11.2 Å². The predicted octanol–water partition coefficient (Wildman–Crippen LogP) is 4.87. The number of pyridine rings is 2. The Morgan fingerprint density at radius 3 is 2.20 bits per heavy atom. The van der Waals surface area contributed by atoms with E-state index < -0.39 is 6.04 Å². The molecule has 2 aliphatic rings. The molecule has 2 saturated heterocycles. The molecule has 0 spiro atoms. The topological polar surface area (TPSA) is 162 Å². The second kappa shape index (κ2) is 15.6. The van der Waals surface area contributed by atoms with E-state index in [1.54, 1.807) is 41.6 Å². The Morgan fingerprint density at radius 2 is 1.57 bits per heavy atom. The maximum atomic E-state index is 13.8. The van der Waals surface area contributed by atoms with Crippen molar-refractivity contribution < 1.29 is 18.2 Å². The van der Waals surface area contributed by atoms with Crippen molar-refractivity contribution in [3.8, 4) is 23.0 Å². The summed E-state index contributed by atoms with van der Waals surface area (Å²) in [7, 11) is 0. The summed E-state index contributed by atoms with van der Waals surface area (Å²) in [6, 6.07) is 17.1. The van der Waals surface area contributed by atoms with Crippen LogP contribution in [0.1, 0.15) is 61.5 Å². The van der Waals surface area contributed by atoms with Crippen molar-refractivity contribution in [2.75, 3.05) is 13.1 Å². The van der Waals surface area contributed by atoms with E-state index in [1.807, 2.05) is 30.3 Å². The quantitative estimate of drug-likeness (QED) is 0.236. The molecule has 2 fully saturated rings. The number of hydrogen-bond acceptors (Lipinski definition) is 11. The third kappa shape index (κ3) is 7.97. The number of aromatic nitrogens is 6. The first kappa shape index (κ1) is 32.8. The highest BCUT2D eigenvalue weighted by Crippen LogP contribution is 2.32. The number of halogens is 2. The molecule has 46 heavy (non-hydrogen) atoms. The van der Waals surface area contributed by atoms with Gasteiger partial charge in [-0.25, -0.2) is 4.39 Å². The highest BCUT2D eigenvalue weighted by molar-refractivity contribution is 5.85. The zero-order valence-corrected chi connectivity index (χ0v) is 25.9. The molecule has 6 heterocycles. The minimum atomic E-state index is -0.465. The number of carbonyl (C=O) groups excluding carboxylic acids is 1. The van der Waals surface area contributed by atoms with Gasteiger partial charge < -0.3 is 25.0 Å². The van der Waals surface area contributed by atoms with Gasteiger partial charge in [-0.15, -0.1) is 12.4 Å². The van der Waals surface area contributed by atoms with Crippen molar-refractivity contribution in [3.63, 3.8) is 0 Å². The van der Waals surface area contributed by atoms with Crippen LogP contribution in [0.3, 0.4) is 0 Å². The number of nitrogens with one attached hydrogen (secondary N) is 1. The standard InChI is InChI=1S/C21H22FN5O2.C11H12N4O.ClH/c22-16-7-2-1-6-14(16)12-15(23)13-19(28)27-11-5-9-18(27)21-25-20(26-29-21)17-8-3-4-10-24-17;1-2-6-12-8(4-1)10-14-11(16-15-10)9-5-3-7-13-9;/h1-4,6-8,10,15,18H,5,9,11-13,23H2;1-2,4,6,9,13H,3,5,7H2;1H/t15-,18+;9-;/m10./s1.